The van der Waals surface area contributed by atoms with Gasteiger partial charge < -0.3 is 15.4 Å². The maximum absolute atomic E-state index is 11.9. The Balaban J connectivity index is 1.94. The first-order valence-electron chi connectivity index (χ1n) is 8.90. The third-order valence-electron chi connectivity index (χ3n) is 4.02. The van der Waals surface area contributed by atoms with E-state index in [1.165, 1.54) is 11.6 Å². The summed E-state index contributed by atoms with van der Waals surface area (Å²) in [6.07, 6.45) is 2.95. The molecule has 0 radical (unpaired) electrons. The van der Waals surface area contributed by atoms with Crippen molar-refractivity contribution in [2.24, 2.45) is 0 Å². The van der Waals surface area contributed by atoms with Gasteiger partial charge in [0, 0.05) is 25.3 Å². The molecule has 150 valence electrons. The number of rotatable bonds is 9. The summed E-state index contributed by atoms with van der Waals surface area (Å²) in [6, 6.07) is 8.14. The summed E-state index contributed by atoms with van der Waals surface area (Å²) < 4.78 is 6.54. The molecule has 0 aliphatic rings. The lowest BCUT2D eigenvalue weighted by Gasteiger charge is -2.05. The van der Waals surface area contributed by atoms with E-state index in [1.54, 1.807) is 17.9 Å². The summed E-state index contributed by atoms with van der Waals surface area (Å²) in [5, 5.41) is 10.1. The van der Waals surface area contributed by atoms with Crippen molar-refractivity contribution in [1.82, 2.24) is 20.4 Å². The first-order chi connectivity index (χ1) is 13.4. The highest BCUT2D eigenvalue weighted by molar-refractivity contribution is 6.31. The molecule has 0 saturated heterocycles. The maximum Gasteiger partial charge on any atom is 0.244 e. The fourth-order valence-corrected chi connectivity index (χ4v) is 2.77. The topological polar surface area (TPSA) is 85.2 Å². The van der Waals surface area contributed by atoms with Crippen LogP contribution in [0.15, 0.2) is 30.3 Å². The highest BCUT2D eigenvalue weighted by Gasteiger charge is 2.12. The van der Waals surface area contributed by atoms with Gasteiger partial charge in [-0.2, -0.15) is 5.10 Å². The summed E-state index contributed by atoms with van der Waals surface area (Å²) in [5.41, 5.74) is 3.67. The minimum atomic E-state index is -0.386. The van der Waals surface area contributed by atoms with E-state index in [0.717, 1.165) is 11.3 Å². The van der Waals surface area contributed by atoms with Gasteiger partial charge in [-0.1, -0.05) is 41.4 Å². The van der Waals surface area contributed by atoms with Crippen LogP contribution in [0.2, 0.25) is 5.15 Å². The van der Waals surface area contributed by atoms with Gasteiger partial charge in [-0.25, -0.2) is 4.68 Å². The average Bonchev–Trinajstić information content (AvgIpc) is 2.93. The van der Waals surface area contributed by atoms with Gasteiger partial charge in [-0.05, 0) is 25.5 Å². The van der Waals surface area contributed by atoms with E-state index in [1.807, 2.05) is 38.1 Å². The van der Waals surface area contributed by atoms with Crippen molar-refractivity contribution in [3.63, 3.8) is 0 Å². The largest absolute Gasteiger partial charge is 0.383 e. The van der Waals surface area contributed by atoms with Crippen molar-refractivity contribution < 1.29 is 14.3 Å². The summed E-state index contributed by atoms with van der Waals surface area (Å²) in [5.74, 6) is -0.664. The Morgan fingerprint density at radius 2 is 1.93 bits per heavy atom. The molecule has 0 unspecified atom stereocenters. The van der Waals surface area contributed by atoms with Crippen LogP contribution in [0.1, 0.15) is 22.4 Å². The number of carbonyl (C=O) groups excluding carboxylic acids is 2. The average molecular weight is 405 g/mol. The molecule has 8 heteroatoms. The van der Waals surface area contributed by atoms with Crippen LogP contribution in [0.25, 0.3) is 6.08 Å². The second-order valence-corrected chi connectivity index (χ2v) is 6.69. The Morgan fingerprint density at radius 3 is 2.61 bits per heavy atom. The zero-order chi connectivity index (χ0) is 20.5. The maximum atomic E-state index is 11.9. The molecule has 0 aliphatic carbocycles. The van der Waals surface area contributed by atoms with Crippen LogP contribution in [0.4, 0.5) is 0 Å². The van der Waals surface area contributed by atoms with Crippen molar-refractivity contribution in [3.8, 4) is 0 Å². The summed E-state index contributed by atoms with van der Waals surface area (Å²) in [6.45, 7) is 5.12. The number of halogens is 1. The molecule has 1 heterocycles. The van der Waals surface area contributed by atoms with Gasteiger partial charge in [0.1, 0.15) is 5.15 Å². The van der Waals surface area contributed by atoms with Crippen LogP contribution in [0.5, 0.6) is 0 Å². The molecule has 0 spiro atoms. The molecule has 0 bridgehead atoms. The van der Waals surface area contributed by atoms with Crippen molar-refractivity contribution in [2.75, 3.05) is 26.8 Å². The molecule has 2 aromatic rings. The molecule has 1 aromatic heterocycles. The molecule has 7 nitrogen and oxygen atoms in total. The number of aryl methyl sites for hydroxylation is 2. The lowest BCUT2D eigenvalue weighted by Crippen LogP contribution is -2.37. The van der Waals surface area contributed by atoms with Gasteiger partial charge in [0.05, 0.1) is 25.4 Å². The Kier molecular flexibility index (Phi) is 8.22. The van der Waals surface area contributed by atoms with E-state index in [9.17, 15) is 9.59 Å². The number of amides is 2. The van der Waals surface area contributed by atoms with E-state index in [2.05, 4.69) is 15.7 Å². The standard InChI is InChI=1S/C20H25ClN4O3/c1-14-4-6-16(7-5-14)13-25-20(21)17(15(2)24-25)8-9-18(26)23-12-19(27)22-10-11-28-3/h4-9H,10-13H2,1-3H3,(H,22,27)(H,23,26)/b9-8+. The van der Waals surface area contributed by atoms with Crippen LogP contribution < -0.4 is 10.6 Å². The minimum Gasteiger partial charge on any atom is -0.383 e. The lowest BCUT2D eigenvalue weighted by atomic mass is 10.1. The fraction of sp³-hybridized carbons (Fsp3) is 0.350. The van der Waals surface area contributed by atoms with E-state index in [-0.39, 0.29) is 18.4 Å². The zero-order valence-corrected chi connectivity index (χ0v) is 17.0. The minimum absolute atomic E-state index is 0.105. The quantitative estimate of drug-likeness (QED) is 0.495. The number of hydrogen-bond acceptors (Lipinski definition) is 4. The van der Waals surface area contributed by atoms with Crippen LogP contribution in [0, 0.1) is 13.8 Å². The number of nitrogens with zero attached hydrogens (tertiary/aromatic N) is 2. The number of aromatic nitrogens is 2. The van der Waals surface area contributed by atoms with E-state index in [0.29, 0.717) is 30.4 Å². The number of nitrogens with one attached hydrogen (secondary N) is 2. The van der Waals surface area contributed by atoms with Crippen LogP contribution in [-0.4, -0.2) is 48.4 Å². The Hall–Kier alpha value is -2.64. The molecule has 0 aliphatic heterocycles. The predicted molar refractivity (Wildman–Crippen MR) is 109 cm³/mol. The fourth-order valence-electron chi connectivity index (χ4n) is 2.47. The molecule has 0 atom stereocenters. The Labute approximate surface area is 169 Å². The third-order valence-corrected chi connectivity index (χ3v) is 4.41. The van der Waals surface area contributed by atoms with Crippen LogP contribution in [0.3, 0.4) is 0 Å². The summed E-state index contributed by atoms with van der Waals surface area (Å²) in [4.78, 5) is 23.5. The normalized spacial score (nSPS) is 11.0. The van der Waals surface area contributed by atoms with Gasteiger partial charge >= 0.3 is 0 Å². The zero-order valence-electron chi connectivity index (χ0n) is 16.3. The van der Waals surface area contributed by atoms with Gasteiger partial charge in [-0.15, -0.1) is 0 Å². The lowest BCUT2D eigenvalue weighted by molar-refractivity contribution is -0.124. The van der Waals surface area contributed by atoms with Crippen LogP contribution >= 0.6 is 11.6 Å². The Bertz CT molecular complexity index is 844. The Morgan fingerprint density at radius 1 is 1.21 bits per heavy atom. The molecule has 2 rings (SSSR count). The molecule has 2 N–H and O–H groups in total. The van der Waals surface area contributed by atoms with Crippen molar-refractivity contribution in [2.45, 2.75) is 20.4 Å². The molecule has 28 heavy (non-hydrogen) atoms. The smallest absolute Gasteiger partial charge is 0.244 e. The van der Waals surface area contributed by atoms with Gasteiger partial charge in [0.15, 0.2) is 0 Å². The number of hydrogen-bond donors (Lipinski definition) is 2. The van der Waals surface area contributed by atoms with Gasteiger partial charge in [0.25, 0.3) is 0 Å². The third kappa shape index (κ3) is 6.51. The van der Waals surface area contributed by atoms with Crippen molar-refractivity contribution in [3.05, 3.63) is 57.9 Å². The van der Waals surface area contributed by atoms with E-state index in [4.69, 9.17) is 16.3 Å². The number of methoxy groups -OCH3 is 1. The summed E-state index contributed by atoms with van der Waals surface area (Å²) in [7, 11) is 1.55. The first-order valence-corrected chi connectivity index (χ1v) is 9.28. The molecule has 0 fully saturated rings. The number of carbonyl (C=O) groups is 2. The second kappa shape index (κ2) is 10.6. The van der Waals surface area contributed by atoms with Gasteiger partial charge in [-0.3, -0.25) is 9.59 Å². The molecule has 0 saturated carbocycles. The molecular weight excluding hydrogens is 380 g/mol. The van der Waals surface area contributed by atoms with E-state index >= 15 is 0 Å². The van der Waals surface area contributed by atoms with Crippen molar-refractivity contribution in [1.29, 1.82) is 0 Å². The first kappa shape index (κ1) is 21.7. The number of benzene rings is 1. The van der Waals surface area contributed by atoms with Gasteiger partial charge in [0.2, 0.25) is 11.8 Å². The monoisotopic (exact) mass is 404 g/mol. The molecule has 1 aromatic carbocycles. The van der Waals surface area contributed by atoms with Crippen molar-refractivity contribution >= 4 is 29.5 Å². The molecular formula is C20H25ClN4O3. The second-order valence-electron chi connectivity index (χ2n) is 6.33. The predicted octanol–water partition coefficient (Wildman–Crippen LogP) is 2.09. The number of ether oxygens (including phenoxy) is 1. The molecule has 2 amide bonds. The summed E-state index contributed by atoms with van der Waals surface area (Å²) >= 11 is 6.43. The highest BCUT2D eigenvalue weighted by atomic mass is 35.5. The van der Waals surface area contributed by atoms with Crippen LogP contribution in [-0.2, 0) is 20.9 Å². The SMILES string of the molecule is COCCNC(=O)CNC(=O)/C=C/c1c(C)nn(Cc2ccc(C)cc2)c1Cl. The van der Waals surface area contributed by atoms with E-state index < -0.39 is 0 Å². The highest BCUT2D eigenvalue weighted by Crippen LogP contribution is 2.22.